The van der Waals surface area contributed by atoms with Crippen molar-refractivity contribution >= 4 is 5.97 Å². The highest BCUT2D eigenvalue weighted by Crippen LogP contribution is 2.18. The largest absolute Gasteiger partial charge is 0.463 e. The molecule has 0 aromatic heterocycles. The summed E-state index contributed by atoms with van der Waals surface area (Å²) in [6.45, 7) is 2.00. The first-order valence-electron chi connectivity index (χ1n) is 12.0. The molecule has 0 radical (unpaired) electrons. The maximum absolute atomic E-state index is 11.7. The minimum absolute atomic E-state index is 0.0221. The average Bonchev–Trinajstić information content (AvgIpc) is 3.07. The monoisotopic (exact) mass is 428 g/mol. The molecule has 6 nitrogen and oxygen atoms in total. The third-order valence-electron chi connectivity index (χ3n) is 5.63. The van der Waals surface area contributed by atoms with Crippen molar-refractivity contribution in [1.82, 2.24) is 0 Å². The normalized spacial score (nSPS) is 22.6. The number of carbonyl (C=O) groups is 1. The van der Waals surface area contributed by atoms with Crippen molar-refractivity contribution in [2.45, 2.75) is 121 Å². The first-order chi connectivity index (χ1) is 14.6. The standard InChI is InChI=1S/C24H44O6/c1-2-3-4-5-6-7-8-9-10-11-12-13-14-15-16-17-22(27)29-19-21(26)24-23(28)20(25)18-30-24/h9-10,20-21,23-26,28H,2-8,11-19H2,1H3/b10-9-/t20-,21-,23-,24-/m1/s1. The molecule has 0 aromatic carbocycles. The van der Waals surface area contributed by atoms with Crippen LogP contribution < -0.4 is 0 Å². The van der Waals surface area contributed by atoms with Gasteiger partial charge in [-0.05, 0) is 32.1 Å². The van der Waals surface area contributed by atoms with Gasteiger partial charge >= 0.3 is 5.97 Å². The van der Waals surface area contributed by atoms with E-state index in [1.165, 1.54) is 57.8 Å². The first-order valence-corrected chi connectivity index (χ1v) is 12.0. The van der Waals surface area contributed by atoms with Crippen molar-refractivity contribution in [2.24, 2.45) is 0 Å². The van der Waals surface area contributed by atoms with Gasteiger partial charge in [-0.2, -0.15) is 0 Å². The second-order valence-corrected chi connectivity index (χ2v) is 8.44. The van der Waals surface area contributed by atoms with Crippen molar-refractivity contribution < 1.29 is 29.6 Å². The molecule has 6 heteroatoms. The second kappa shape index (κ2) is 17.7. The topological polar surface area (TPSA) is 96.2 Å². The lowest BCUT2D eigenvalue weighted by Gasteiger charge is -2.20. The molecule has 30 heavy (non-hydrogen) atoms. The van der Waals surface area contributed by atoms with Crippen LogP contribution in [0.2, 0.25) is 0 Å². The summed E-state index contributed by atoms with van der Waals surface area (Å²) in [6, 6.07) is 0. The summed E-state index contributed by atoms with van der Waals surface area (Å²) in [5.74, 6) is -0.347. The van der Waals surface area contributed by atoms with Crippen LogP contribution in [0.4, 0.5) is 0 Å². The number of hydrogen-bond donors (Lipinski definition) is 3. The number of carbonyl (C=O) groups excluding carboxylic acids is 1. The molecule has 0 saturated carbocycles. The first kappa shape index (κ1) is 27.1. The van der Waals surface area contributed by atoms with Crippen LogP contribution in [0.5, 0.6) is 0 Å². The number of rotatable bonds is 18. The average molecular weight is 429 g/mol. The Bertz CT molecular complexity index is 453. The van der Waals surface area contributed by atoms with Crippen LogP contribution in [-0.4, -0.2) is 58.9 Å². The molecule has 0 amide bonds. The molecular formula is C24H44O6. The van der Waals surface area contributed by atoms with Gasteiger partial charge in [-0.3, -0.25) is 4.79 Å². The molecule has 1 rings (SSSR count). The fraction of sp³-hybridized carbons (Fsp3) is 0.875. The van der Waals surface area contributed by atoms with Gasteiger partial charge in [-0.15, -0.1) is 0 Å². The van der Waals surface area contributed by atoms with Crippen molar-refractivity contribution in [3.63, 3.8) is 0 Å². The molecule has 1 heterocycles. The number of aliphatic hydroxyl groups is 3. The molecule has 0 unspecified atom stereocenters. The van der Waals surface area contributed by atoms with Crippen LogP contribution in [0.25, 0.3) is 0 Å². The van der Waals surface area contributed by atoms with Gasteiger partial charge in [0, 0.05) is 6.42 Å². The maximum atomic E-state index is 11.7. The fourth-order valence-corrected chi connectivity index (χ4v) is 3.65. The summed E-state index contributed by atoms with van der Waals surface area (Å²) in [7, 11) is 0. The van der Waals surface area contributed by atoms with E-state index in [-0.39, 0.29) is 19.2 Å². The zero-order chi connectivity index (χ0) is 22.0. The second-order valence-electron chi connectivity index (χ2n) is 8.44. The van der Waals surface area contributed by atoms with Gasteiger partial charge in [-0.25, -0.2) is 0 Å². The zero-order valence-electron chi connectivity index (χ0n) is 18.8. The van der Waals surface area contributed by atoms with Crippen LogP contribution in [-0.2, 0) is 14.3 Å². The molecule has 1 fully saturated rings. The van der Waals surface area contributed by atoms with E-state index in [1.807, 2.05) is 0 Å². The molecular weight excluding hydrogens is 384 g/mol. The molecule has 3 N–H and O–H groups in total. The SMILES string of the molecule is CCCCCCCC/C=C\CCCCCCCC(=O)OC[C@@H](O)[C@H]1OC[C@@H](O)[C@H]1O. The van der Waals surface area contributed by atoms with Crippen LogP contribution in [0.1, 0.15) is 96.8 Å². The minimum Gasteiger partial charge on any atom is -0.463 e. The third kappa shape index (κ3) is 12.7. The smallest absolute Gasteiger partial charge is 0.305 e. The summed E-state index contributed by atoms with van der Waals surface area (Å²) in [6.07, 6.45) is 16.5. The Balaban J connectivity index is 1.87. The lowest BCUT2D eigenvalue weighted by atomic mass is 10.1. The van der Waals surface area contributed by atoms with Crippen molar-refractivity contribution in [2.75, 3.05) is 13.2 Å². The summed E-state index contributed by atoms with van der Waals surface area (Å²) in [5.41, 5.74) is 0. The number of aliphatic hydroxyl groups excluding tert-OH is 3. The summed E-state index contributed by atoms with van der Waals surface area (Å²) in [5, 5.41) is 29.0. The Kier molecular flexibility index (Phi) is 16.0. The van der Waals surface area contributed by atoms with Crippen LogP contribution >= 0.6 is 0 Å². The minimum atomic E-state index is -1.15. The van der Waals surface area contributed by atoms with E-state index in [9.17, 15) is 20.1 Å². The number of esters is 1. The van der Waals surface area contributed by atoms with Crippen molar-refractivity contribution in [3.8, 4) is 0 Å². The molecule has 1 aliphatic heterocycles. The van der Waals surface area contributed by atoms with Gasteiger partial charge in [0.05, 0.1) is 6.61 Å². The highest BCUT2D eigenvalue weighted by atomic mass is 16.6. The van der Waals surface area contributed by atoms with E-state index in [1.54, 1.807) is 0 Å². The van der Waals surface area contributed by atoms with Gasteiger partial charge in [0.25, 0.3) is 0 Å². The quantitative estimate of drug-likeness (QED) is 0.173. The molecule has 176 valence electrons. The Morgan fingerprint density at radius 1 is 0.967 bits per heavy atom. The van der Waals surface area contributed by atoms with E-state index in [0.717, 1.165) is 25.7 Å². The van der Waals surface area contributed by atoms with Crippen molar-refractivity contribution in [1.29, 1.82) is 0 Å². The van der Waals surface area contributed by atoms with E-state index in [2.05, 4.69) is 19.1 Å². The Morgan fingerprint density at radius 3 is 2.10 bits per heavy atom. The zero-order valence-corrected chi connectivity index (χ0v) is 18.8. The Hall–Kier alpha value is -0.950. The summed E-state index contributed by atoms with van der Waals surface area (Å²) < 4.78 is 10.2. The van der Waals surface area contributed by atoms with E-state index >= 15 is 0 Å². The molecule has 0 bridgehead atoms. The van der Waals surface area contributed by atoms with Gasteiger partial charge in [0.2, 0.25) is 0 Å². The van der Waals surface area contributed by atoms with Crippen LogP contribution in [0.3, 0.4) is 0 Å². The number of ether oxygens (including phenoxy) is 2. The lowest BCUT2D eigenvalue weighted by Crippen LogP contribution is -2.41. The van der Waals surface area contributed by atoms with E-state index in [4.69, 9.17) is 9.47 Å². The Morgan fingerprint density at radius 2 is 1.53 bits per heavy atom. The highest BCUT2D eigenvalue weighted by Gasteiger charge is 2.39. The maximum Gasteiger partial charge on any atom is 0.305 e. The van der Waals surface area contributed by atoms with Gasteiger partial charge in [0.1, 0.15) is 31.0 Å². The summed E-state index contributed by atoms with van der Waals surface area (Å²) in [4.78, 5) is 11.7. The molecule has 0 spiro atoms. The highest BCUT2D eigenvalue weighted by molar-refractivity contribution is 5.69. The van der Waals surface area contributed by atoms with E-state index < -0.39 is 24.4 Å². The predicted molar refractivity (Wildman–Crippen MR) is 118 cm³/mol. The van der Waals surface area contributed by atoms with Gasteiger partial charge < -0.3 is 24.8 Å². The third-order valence-corrected chi connectivity index (χ3v) is 5.63. The number of allylic oxidation sites excluding steroid dienone is 2. The van der Waals surface area contributed by atoms with Crippen LogP contribution in [0.15, 0.2) is 12.2 Å². The predicted octanol–water partition coefficient (Wildman–Crippen LogP) is 4.05. The molecule has 1 aliphatic rings. The van der Waals surface area contributed by atoms with E-state index in [0.29, 0.717) is 6.42 Å². The van der Waals surface area contributed by atoms with Gasteiger partial charge in [-0.1, -0.05) is 70.4 Å². The lowest BCUT2D eigenvalue weighted by molar-refractivity contribution is -0.151. The number of unbranched alkanes of at least 4 members (excludes halogenated alkanes) is 11. The van der Waals surface area contributed by atoms with Gasteiger partial charge in [0.15, 0.2) is 0 Å². The molecule has 1 saturated heterocycles. The number of hydrogen-bond acceptors (Lipinski definition) is 6. The fourth-order valence-electron chi connectivity index (χ4n) is 3.65. The molecule has 0 aromatic rings. The Labute approximate surface area is 182 Å². The van der Waals surface area contributed by atoms with Crippen LogP contribution in [0, 0.1) is 0 Å². The molecule has 0 aliphatic carbocycles. The summed E-state index contributed by atoms with van der Waals surface area (Å²) >= 11 is 0. The molecule has 4 atom stereocenters. The van der Waals surface area contributed by atoms with Crippen molar-refractivity contribution in [3.05, 3.63) is 12.2 Å².